The molecule has 6 heteroatoms. The van der Waals surface area contributed by atoms with Gasteiger partial charge in [0.15, 0.2) is 5.71 Å². The fourth-order valence-corrected chi connectivity index (χ4v) is 3.03. The van der Waals surface area contributed by atoms with Crippen LogP contribution in [0.4, 0.5) is 11.4 Å². The molecule has 1 fully saturated rings. The molecule has 1 saturated heterocycles. The van der Waals surface area contributed by atoms with E-state index in [1.165, 1.54) is 0 Å². The first-order valence-corrected chi connectivity index (χ1v) is 8.86. The number of nitrogens with one attached hydrogen (secondary N) is 1. The molecule has 6 nitrogen and oxygen atoms in total. The fraction of sp³-hybridized carbons (Fsp3) is 0.190. The highest BCUT2D eigenvalue weighted by atomic mass is 16.5. The summed E-state index contributed by atoms with van der Waals surface area (Å²) in [5.41, 5.74) is 6.57. The maximum atomic E-state index is 9.46. The first-order valence-electron chi connectivity index (χ1n) is 8.86. The second kappa shape index (κ2) is 7.85. The molecule has 1 aliphatic heterocycles. The highest BCUT2D eigenvalue weighted by Gasteiger charge is 2.11. The predicted octanol–water partition coefficient (Wildman–Crippen LogP) is 3.41. The molecule has 0 aliphatic carbocycles. The summed E-state index contributed by atoms with van der Waals surface area (Å²) >= 11 is 0. The molecule has 0 unspecified atom stereocenters. The summed E-state index contributed by atoms with van der Waals surface area (Å²) in [4.78, 5) is 6.81. The van der Waals surface area contributed by atoms with Gasteiger partial charge < -0.3 is 9.64 Å². The van der Waals surface area contributed by atoms with Crippen molar-refractivity contribution in [3.63, 3.8) is 0 Å². The van der Waals surface area contributed by atoms with Crippen LogP contribution in [0.5, 0.6) is 0 Å². The Morgan fingerprint density at radius 3 is 2.59 bits per heavy atom. The third-order valence-corrected chi connectivity index (χ3v) is 4.49. The maximum Gasteiger partial charge on any atom is 0.186 e. The van der Waals surface area contributed by atoms with E-state index in [9.17, 15) is 5.26 Å². The molecular weight excluding hydrogens is 338 g/mol. The van der Waals surface area contributed by atoms with E-state index in [2.05, 4.69) is 26.5 Å². The van der Waals surface area contributed by atoms with Crippen molar-refractivity contribution in [2.45, 2.75) is 0 Å². The summed E-state index contributed by atoms with van der Waals surface area (Å²) < 4.78 is 5.38. The number of nitrogens with zero attached hydrogens (tertiary/aromatic N) is 4. The number of pyridine rings is 1. The molecule has 4 rings (SSSR count). The van der Waals surface area contributed by atoms with E-state index in [0.29, 0.717) is 5.69 Å². The highest BCUT2D eigenvalue weighted by Crippen LogP contribution is 2.19. The molecular formula is C21H19N5O. The maximum absolute atomic E-state index is 9.46. The smallest absolute Gasteiger partial charge is 0.186 e. The van der Waals surface area contributed by atoms with E-state index in [-0.39, 0.29) is 5.71 Å². The van der Waals surface area contributed by atoms with Gasteiger partial charge in [0, 0.05) is 24.2 Å². The van der Waals surface area contributed by atoms with Gasteiger partial charge in [0.05, 0.1) is 24.4 Å². The fourth-order valence-electron chi connectivity index (χ4n) is 3.03. The van der Waals surface area contributed by atoms with Crippen LogP contribution in [-0.4, -0.2) is 37.0 Å². The van der Waals surface area contributed by atoms with Gasteiger partial charge in [-0.3, -0.25) is 5.43 Å². The van der Waals surface area contributed by atoms with Gasteiger partial charge in [0.2, 0.25) is 0 Å². The summed E-state index contributed by atoms with van der Waals surface area (Å²) in [5, 5.41) is 14.7. The second-order valence-electron chi connectivity index (χ2n) is 6.22. The molecule has 0 saturated carbocycles. The molecule has 1 aliphatic rings. The number of hydrogen-bond acceptors (Lipinski definition) is 6. The zero-order chi connectivity index (χ0) is 18.5. The molecule has 0 atom stereocenters. The predicted molar refractivity (Wildman–Crippen MR) is 107 cm³/mol. The quantitative estimate of drug-likeness (QED) is 0.572. The van der Waals surface area contributed by atoms with Crippen molar-refractivity contribution in [1.82, 2.24) is 4.98 Å². The minimum absolute atomic E-state index is 0.248. The van der Waals surface area contributed by atoms with Crippen LogP contribution in [0, 0.1) is 11.3 Å². The molecule has 1 N–H and O–H groups in total. The molecule has 0 radical (unpaired) electrons. The largest absolute Gasteiger partial charge is 0.378 e. The van der Waals surface area contributed by atoms with Crippen LogP contribution in [-0.2, 0) is 4.74 Å². The van der Waals surface area contributed by atoms with Crippen molar-refractivity contribution in [1.29, 1.82) is 5.26 Å². The number of hydrazone groups is 1. The lowest BCUT2D eigenvalue weighted by Gasteiger charge is -2.28. The summed E-state index contributed by atoms with van der Waals surface area (Å²) in [6, 6.07) is 21.7. The first-order chi connectivity index (χ1) is 13.3. The van der Waals surface area contributed by atoms with Gasteiger partial charge in [-0.05, 0) is 36.4 Å². The van der Waals surface area contributed by atoms with Crippen molar-refractivity contribution in [2.24, 2.45) is 5.10 Å². The lowest BCUT2D eigenvalue weighted by Crippen LogP contribution is -2.36. The first kappa shape index (κ1) is 17.0. The summed E-state index contributed by atoms with van der Waals surface area (Å²) in [5.74, 6) is 0. The number of nitriles is 1. The number of aromatic nitrogens is 1. The number of hydrogen-bond donors (Lipinski definition) is 1. The van der Waals surface area contributed by atoms with Crippen LogP contribution >= 0.6 is 0 Å². The molecule has 0 amide bonds. The standard InChI is InChI=1S/C21H19N5O/c22-15-21(20-10-5-16-3-1-2-4-19(16)23-20)25-24-17-6-8-18(9-7-17)26-11-13-27-14-12-26/h1-10,24H,11-14H2/b25-21+. The lowest BCUT2D eigenvalue weighted by molar-refractivity contribution is 0.122. The second-order valence-corrected chi connectivity index (χ2v) is 6.22. The van der Waals surface area contributed by atoms with Crippen LogP contribution in [0.15, 0.2) is 65.8 Å². The van der Waals surface area contributed by atoms with E-state index >= 15 is 0 Å². The summed E-state index contributed by atoms with van der Waals surface area (Å²) in [6.45, 7) is 3.32. The number of anilines is 2. The number of rotatable bonds is 4. The highest BCUT2D eigenvalue weighted by molar-refractivity contribution is 6.11. The van der Waals surface area contributed by atoms with Crippen LogP contribution in [0.2, 0.25) is 0 Å². The van der Waals surface area contributed by atoms with Gasteiger partial charge in [-0.15, -0.1) is 0 Å². The van der Waals surface area contributed by atoms with Gasteiger partial charge in [-0.2, -0.15) is 10.4 Å². The van der Waals surface area contributed by atoms with Crippen LogP contribution in [0.3, 0.4) is 0 Å². The average molecular weight is 357 g/mol. The molecule has 2 aromatic carbocycles. The lowest BCUT2D eigenvalue weighted by atomic mass is 10.2. The Hall–Kier alpha value is -3.43. The molecule has 1 aromatic heterocycles. The van der Waals surface area contributed by atoms with Crippen molar-refractivity contribution in [3.8, 4) is 6.07 Å². The van der Waals surface area contributed by atoms with Gasteiger partial charge in [0.1, 0.15) is 11.8 Å². The van der Waals surface area contributed by atoms with Gasteiger partial charge in [-0.25, -0.2) is 4.98 Å². The zero-order valence-electron chi connectivity index (χ0n) is 14.8. The summed E-state index contributed by atoms with van der Waals surface area (Å²) in [7, 11) is 0. The van der Waals surface area contributed by atoms with E-state index in [0.717, 1.165) is 48.6 Å². The third kappa shape index (κ3) is 3.89. The molecule has 0 bridgehead atoms. The Balaban J connectivity index is 1.50. The minimum Gasteiger partial charge on any atom is -0.378 e. The topological polar surface area (TPSA) is 73.5 Å². The van der Waals surface area contributed by atoms with Crippen molar-refractivity contribution >= 4 is 28.0 Å². The van der Waals surface area contributed by atoms with Gasteiger partial charge >= 0.3 is 0 Å². The number of fused-ring (bicyclic) bond motifs is 1. The van der Waals surface area contributed by atoms with Crippen LogP contribution < -0.4 is 10.3 Å². The monoisotopic (exact) mass is 357 g/mol. The minimum atomic E-state index is 0.248. The van der Waals surface area contributed by atoms with Crippen LogP contribution in [0.1, 0.15) is 5.69 Å². The van der Waals surface area contributed by atoms with Crippen molar-refractivity contribution in [2.75, 3.05) is 36.6 Å². The molecule has 2 heterocycles. The molecule has 3 aromatic rings. The Labute approximate surface area is 157 Å². The molecule has 134 valence electrons. The Morgan fingerprint density at radius 2 is 1.81 bits per heavy atom. The number of benzene rings is 2. The van der Waals surface area contributed by atoms with Gasteiger partial charge in [0.25, 0.3) is 0 Å². The van der Waals surface area contributed by atoms with Crippen molar-refractivity contribution < 1.29 is 4.74 Å². The van der Waals surface area contributed by atoms with E-state index in [4.69, 9.17) is 4.74 Å². The van der Waals surface area contributed by atoms with E-state index in [1.54, 1.807) is 0 Å². The third-order valence-electron chi connectivity index (χ3n) is 4.49. The molecule has 0 spiro atoms. The molecule has 27 heavy (non-hydrogen) atoms. The van der Waals surface area contributed by atoms with E-state index in [1.807, 2.05) is 60.7 Å². The zero-order valence-corrected chi connectivity index (χ0v) is 14.8. The number of ether oxygens (including phenoxy) is 1. The Bertz CT molecular complexity index is 1000. The van der Waals surface area contributed by atoms with Crippen LogP contribution in [0.25, 0.3) is 10.9 Å². The normalized spacial score (nSPS) is 14.8. The van der Waals surface area contributed by atoms with Crippen molar-refractivity contribution in [3.05, 3.63) is 66.4 Å². The Morgan fingerprint density at radius 1 is 1.04 bits per heavy atom. The SMILES string of the molecule is N#C/C(=N\Nc1ccc(N2CCOCC2)cc1)c1ccc2ccccc2n1. The van der Waals surface area contributed by atoms with Gasteiger partial charge in [-0.1, -0.05) is 24.3 Å². The Kier molecular flexibility index (Phi) is 4.95. The summed E-state index contributed by atoms with van der Waals surface area (Å²) in [6.07, 6.45) is 0. The number of morpholine rings is 1. The van der Waals surface area contributed by atoms with E-state index < -0.39 is 0 Å². The number of para-hydroxylation sites is 1. The average Bonchev–Trinajstić information content (AvgIpc) is 2.75.